The van der Waals surface area contributed by atoms with Gasteiger partial charge in [0.15, 0.2) is 0 Å². The Kier molecular flexibility index (Phi) is 6.45. The van der Waals surface area contributed by atoms with Crippen molar-refractivity contribution in [2.75, 3.05) is 0 Å². The fraction of sp³-hybridized carbons (Fsp3) is 0.100. The minimum atomic E-state index is -0.981. The molecule has 0 atom stereocenters. The zero-order valence-electron chi connectivity index (χ0n) is 7.48. The summed E-state index contributed by atoms with van der Waals surface area (Å²) in [5.41, 5.74) is 0.888. The zero-order chi connectivity index (χ0) is 11.0. The van der Waals surface area contributed by atoms with Gasteiger partial charge in [-0.2, -0.15) is 0 Å². The van der Waals surface area contributed by atoms with E-state index in [9.17, 15) is 4.79 Å². The Balaban J connectivity index is 0.000000292. The average molecular weight is 215 g/mol. The van der Waals surface area contributed by atoms with Crippen molar-refractivity contribution in [1.29, 1.82) is 0 Å². The van der Waals surface area contributed by atoms with Crippen LogP contribution in [-0.4, -0.2) is 16.2 Å². The van der Waals surface area contributed by atoms with Gasteiger partial charge in [-0.3, -0.25) is 0 Å². The van der Waals surface area contributed by atoms with Crippen molar-refractivity contribution in [2.45, 2.75) is 6.61 Å². The van der Waals surface area contributed by atoms with E-state index in [1.807, 2.05) is 0 Å². The average Bonchev–Trinajstić information content (AvgIpc) is 2.20. The molecular formula is C10H11ClO3. The minimum absolute atomic E-state index is 0.0805. The number of hydrogen-bond donors (Lipinski definition) is 2. The predicted octanol–water partition coefficient (Wildman–Crippen LogP) is 2.09. The summed E-state index contributed by atoms with van der Waals surface area (Å²) in [6.07, 6.45) is 0.833. The van der Waals surface area contributed by atoms with E-state index in [-0.39, 0.29) is 6.61 Å². The Hall–Kier alpha value is -1.32. The van der Waals surface area contributed by atoms with E-state index in [4.69, 9.17) is 21.8 Å². The first-order valence-corrected chi connectivity index (χ1v) is 4.18. The highest BCUT2D eigenvalue weighted by Gasteiger charge is 1.87. The molecule has 3 nitrogen and oxygen atoms in total. The van der Waals surface area contributed by atoms with Crippen molar-refractivity contribution in [3.8, 4) is 0 Å². The molecule has 1 aromatic rings. The molecule has 0 aliphatic carbocycles. The monoisotopic (exact) mass is 214 g/mol. The van der Waals surface area contributed by atoms with Crippen molar-refractivity contribution in [3.63, 3.8) is 0 Å². The normalized spacial score (nSPS) is 8.43. The van der Waals surface area contributed by atoms with E-state index < -0.39 is 5.97 Å². The largest absolute Gasteiger partial charge is 0.478 e. The van der Waals surface area contributed by atoms with Crippen LogP contribution in [0.25, 0.3) is 0 Å². The molecule has 4 heteroatoms. The summed E-state index contributed by atoms with van der Waals surface area (Å²) in [5.74, 6) is -0.981. The highest BCUT2D eigenvalue weighted by molar-refractivity contribution is 6.30. The van der Waals surface area contributed by atoms with Gasteiger partial charge in [0.1, 0.15) is 0 Å². The summed E-state index contributed by atoms with van der Waals surface area (Å²) in [7, 11) is 0. The van der Waals surface area contributed by atoms with E-state index in [0.717, 1.165) is 11.6 Å². The number of benzene rings is 1. The van der Waals surface area contributed by atoms with Crippen LogP contribution in [0.3, 0.4) is 0 Å². The van der Waals surface area contributed by atoms with Crippen molar-refractivity contribution < 1.29 is 15.0 Å². The van der Waals surface area contributed by atoms with E-state index in [1.165, 1.54) is 0 Å². The maximum absolute atomic E-state index is 9.25. The summed E-state index contributed by atoms with van der Waals surface area (Å²) in [6, 6.07) is 7.10. The predicted molar refractivity (Wildman–Crippen MR) is 55.2 cm³/mol. The number of halogens is 1. The number of carboxylic acid groups (broad SMARTS) is 1. The lowest BCUT2D eigenvalue weighted by molar-refractivity contribution is -0.131. The van der Waals surface area contributed by atoms with Gasteiger partial charge in [-0.05, 0) is 17.7 Å². The highest BCUT2D eigenvalue weighted by Crippen LogP contribution is 2.08. The van der Waals surface area contributed by atoms with Crippen LogP contribution in [0.5, 0.6) is 0 Å². The fourth-order valence-electron chi connectivity index (χ4n) is 0.590. The van der Waals surface area contributed by atoms with Crippen molar-refractivity contribution in [1.82, 2.24) is 0 Å². The SMILES string of the molecule is C=CC(=O)O.OCc1ccc(Cl)cc1. The van der Waals surface area contributed by atoms with Crippen LogP contribution in [0.4, 0.5) is 0 Å². The number of aliphatic hydroxyl groups is 1. The van der Waals surface area contributed by atoms with E-state index in [1.54, 1.807) is 24.3 Å². The minimum Gasteiger partial charge on any atom is -0.478 e. The lowest BCUT2D eigenvalue weighted by atomic mass is 10.2. The molecule has 0 fully saturated rings. The highest BCUT2D eigenvalue weighted by atomic mass is 35.5. The topological polar surface area (TPSA) is 57.5 Å². The van der Waals surface area contributed by atoms with Crippen LogP contribution in [-0.2, 0) is 11.4 Å². The molecule has 0 unspecified atom stereocenters. The van der Waals surface area contributed by atoms with Gasteiger partial charge in [-0.25, -0.2) is 4.79 Å². The van der Waals surface area contributed by atoms with Gasteiger partial charge in [0.05, 0.1) is 6.61 Å². The fourth-order valence-corrected chi connectivity index (χ4v) is 0.716. The Morgan fingerprint density at radius 1 is 1.43 bits per heavy atom. The third kappa shape index (κ3) is 6.22. The zero-order valence-corrected chi connectivity index (χ0v) is 8.24. The van der Waals surface area contributed by atoms with E-state index in [0.29, 0.717) is 5.02 Å². The number of carbonyl (C=O) groups is 1. The van der Waals surface area contributed by atoms with Gasteiger partial charge in [-0.1, -0.05) is 30.3 Å². The van der Waals surface area contributed by atoms with Gasteiger partial charge in [0, 0.05) is 11.1 Å². The molecule has 0 bridgehead atoms. The molecule has 14 heavy (non-hydrogen) atoms. The van der Waals surface area contributed by atoms with Gasteiger partial charge in [-0.15, -0.1) is 0 Å². The number of hydrogen-bond acceptors (Lipinski definition) is 2. The van der Waals surface area contributed by atoms with Crippen LogP contribution in [0.1, 0.15) is 5.56 Å². The number of rotatable bonds is 2. The second kappa shape index (κ2) is 7.12. The third-order valence-corrected chi connectivity index (χ3v) is 1.52. The molecule has 0 aliphatic rings. The molecule has 76 valence electrons. The molecule has 1 aromatic carbocycles. The molecular weight excluding hydrogens is 204 g/mol. The first kappa shape index (κ1) is 12.7. The maximum Gasteiger partial charge on any atom is 0.327 e. The second-order valence-corrected chi connectivity index (χ2v) is 2.76. The van der Waals surface area contributed by atoms with Crippen LogP contribution in [0.2, 0.25) is 5.02 Å². The summed E-state index contributed by atoms with van der Waals surface area (Å²) in [6.45, 7) is 3.04. The van der Waals surface area contributed by atoms with Crippen LogP contribution < -0.4 is 0 Å². The van der Waals surface area contributed by atoms with Gasteiger partial charge in [0.25, 0.3) is 0 Å². The molecule has 0 saturated carbocycles. The van der Waals surface area contributed by atoms with Gasteiger partial charge in [0.2, 0.25) is 0 Å². The van der Waals surface area contributed by atoms with Crippen LogP contribution in [0, 0.1) is 0 Å². The summed E-state index contributed by atoms with van der Waals surface area (Å²) in [4.78, 5) is 9.25. The Bertz CT molecular complexity index is 293. The van der Waals surface area contributed by atoms with E-state index in [2.05, 4.69) is 6.58 Å². The molecule has 1 rings (SSSR count). The molecule has 0 spiro atoms. The second-order valence-electron chi connectivity index (χ2n) is 2.33. The van der Waals surface area contributed by atoms with Crippen molar-refractivity contribution in [3.05, 3.63) is 47.5 Å². The van der Waals surface area contributed by atoms with Crippen LogP contribution >= 0.6 is 11.6 Å². The lowest BCUT2D eigenvalue weighted by Gasteiger charge is -1.92. The van der Waals surface area contributed by atoms with Gasteiger partial charge < -0.3 is 10.2 Å². The standard InChI is InChI=1S/C7H7ClO.C3H4O2/c8-7-3-1-6(5-9)2-4-7;1-2-3(4)5/h1-4,9H,5H2;2H,1H2,(H,4,5). The maximum atomic E-state index is 9.25. The molecule has 0 aliphatic heterocycles. The number of aliphatic carboxylic acids is 1. The third-order valence-electron chi connectivity index (χ3n) is 1.27. The summed E-state index contributed by atoms with van der Waals surface area (Å²) in [5, 5.41) is 16.9. The van der Waals surface area contributed by atoms with E-state index >= 15 is 0 Å². The summed E-state index contributed by atoms with van der Waals surface area (Å²) >= 11 is 5.59. The quantitative estimate of drug-likeness (QED) is 0.742. The lowest BCUT2D eigenvalue weighted by Crippen LogP contribution is -1.82. The molecule has 0 saturated heterocycles. The molecule has 0 amide bonds. The van der Waals surface area contributed by atoms with Crippen molar-refractivity contribution >= 4 is 17.6 Å². The van der Waals surface area contributed by atoms with Crippen LogP contribution in [0.15, 0.2) is 36.9 Å². The molecule has 0 aromatic heterocycles. The molecule has 0 radical (unpaired) electrons. The Labute approximate surface area is 87.3 Å². The smallest absolute Gasteiger partial charge is 0.327 e. The Morgan fingerprint density at radius 2 is 1.86 bits per heavy atom. The number of carboxylic acids is 1. The van der Waals surface area contributed by atoms with Gasteiger partial charge >= 0.3 is 5.97 Å². The first-order valence-electron chi connectivity index (χ1n) is 3.80. The van der Waals surface area contributed by atoms with Crippen molar-refractivity contribution in [2.24, 2.45) is 0 Å². The number of aliphatic hydroxyl groups excluding tert-OH is 1. The molecule has 2 N–H and O–H groups in total. The summed E-state index contributed by atoms with van der Waals surface area (Å²) < 4.78 is 0. The molecule has 0 heterocycles. The Morgan fingerprint density at radius 3 is 2.14 bits per heavy atom. The first-order chi connectivity index (χ1) is 6.60.